The maximum atomic E-state index is 13.9. The Bertz CT molecular complexity index is 1420. The summed E-state index contributed by atoms with van der Waals surface area (Å²) in [5, 5.41) is 23.0. The molecular formula is C43H73NO11Si2. The van der Waals surface area contributed by atoms with Crippen molar-refractivity contribution in [1.29, 1.82) is 5.26 Å². The molecule has 3 aliphatic heterocycles. The normalized spacial score (nSPS) is 31.6. The van der Waals surface area contributed by atoms with Crippen LogP contribution in [0, 0.1) is 11.3 Å². The molecule has 0 bridgehead atoms. The number of nitrogens with zero attached hydrogens (tertiary/aromatic N) is 1. The summed E-state index contributed by atoms with van der Waals surface area (Å²) in [6, 6.07) is 12.3. The molecule has 3 heterocycles. The van der Waals surface area contributed by atoms with Crippen LogP contribution < -0.4 is 0 Å². The minimum absolute atomic E-state index is 0.0200. The van der Waals surface area contributed by atoms with Gasteiger partial charge < -0.3 is 47.4 Å². The first-order valence-corrected chi connectivity index (χ1v) is 26.9. The lowest BCUT2D eigenvalue weighted by molar-refractivity contribution is -0.303. The Labute approximate surface area is 344 Å². The molecule has 0 radical (unpaired) electrons. The maximum absolute atomic E-state index is 13.9. The lowest BCUT2D eigenvalue weighted by Gasteiger charge is -2.56. The third-order valence-corrected chi connectivity index (χ3v) is 20.3. The van der Waals surface area contributed by atoms with Crippen LogP contribution in [-0.2, 0) is 42.3 Å². The van der Waals surface area contributed by atoms with E-state index in [2.05, 4.69) is 67.3 Å². The number of esters is 1. The van der Waals surface area contributed by atoms with Crippen molar-refractivity contribution in [3.05, 3.63) is 35.9 Å². The number of nitriles is 1. The average molecular weight is 836 g/mol. The number of aliphatic hydroxyl groups is 1. The molecule has 3 fully saturated rings. The monoisotopic (exact) mass is 835 g/mol. The van der Waals surface area contributed by atoms with Gasteiger partial charge in [0.1, 0.15) is 24.6 Å². The van der Waals surface area contributed by atoms with E-state index in [1.807, 2.05) is 13.0 Å². The topological polar surface area (TPSA) is 144 Å². The Kier molecular flexibility index (Phi) is 17.4. The molecule has 57 heavy (non-hydrogen) atoms. The second-order valence-corrected chi connectivity index (χ2v) is 29.9. The van der Waals surface area contributed by atoms with Crippen LogP contribution in [0.25, 0.3) is 0 Å². The highest BCUT2D eigenvalue weighted by atomic mass is 28.4. The summed E-state index contributed by atoms with van der Waals surface area (Å²) in [5.74, 6) is -0.504. The number of methoxy groups -OCH3 is 2. The van der Waals surface area contributed by atoms with Crippen LogP contribution >= 0.6 is 0 Å². The van der Waals surface area contributed by atoms with Gasteiger partial charge >= 0.3 is 5.97 Å². The number of hydrogen-bond acceptors (Lipinski definition) is 12. The zero-order chi connectivity index (χ0) is 42.2. The molecule has 0 aliphatic carbocycles. The highest BCUT2D eigenvalue weighted by molar-refractivity contribution is 6.77. The Morgan fingerprint density at radius 1 is 0.930 bits per heavy atom. The van der Waals surface area contributed by atoms with Crippen molar-refractivity contribution in [2.24, 2.45) is 0 Å². The molecule has 12 nitrogen and oxygen atoms in total. The lowest BCUT2D eigenvalue weighted by atomic mass is 9.77. The fraction of sp³-hybridized carbons (Fsp3) is 0.814. The van der Waals surface area contributed by atoms with Crippen LogP contribution in [0.4, 0.5) is 0 Å². The molecule has 324 valence electrons. The van der Waals surface area contributed by atoms with Crippen molar-refractivity contribution in [3.8, 4) is 6.07 Å². The Morgan fingerprint density at radius 3 is 2.14 bits per heavy atom. The van der Waals surface area contributed by atoms with Crippen molar-refractivity contribution in [2.75, 3.05) is 40.8 Å². The van der Waals surface area contributed by atoms with E-state index in [9.17, 15) is 15.2 Å². The molecule has 1 unspecified atom stereocenters. The molecule has 0 aromatic heterocycles. The van der Waals surface area contributed by atoms with Gasteiger partial charge in [0.15, 0.2) is 0 Å². The molecule has 14 heteroatoms. The predicted octanol–water partition coefficient (Wildman–Crippen LogP) is 7.66. The lowest BCUT2D eigenvalue weighted by Crippen LogP contribution is -2.67. The van der Waals surface area contributed by atoms with E-state index in [4.69, 9.17) is 42.3 Å². The van der Waals surface area contributed by atoms with Gasteiger partial charge in [-0.15, -0.1) is 0 Å². The number of carbonyl (C=O) groups excluding carboxylic acids is 1. The summed E-state index contributed by atoms with van der Waals surface area (Å²) < 4.78 is 58.0. The number of ether oxygens (including phenoxy) is 8. The summed E-state index contributed by atoms with van der Waals surface area (Å²) in [6.07, 6.45) is -3.49. The molecule has 1 N–H and O–H groups in total. The van der Waals surface area contributed by atoms with Crippen molar-refractivity contribution in [3.63, 3.8) is 0 Å². The molecule has 1 aromatic carbocycles. The molecule has 1 aromatic rings. The number of rotatable bonds is 19. The first kappa shape index (κ1) is 47.9. The van der Waals surface area contributed by atoms with Gasteiger partial charge in [-0.3, -0.25) is 0 Å². The van der Waals surface area contributed by atoms with Gasteiger partial charge in [0.2, 0.25) is 8.32 Å². The van der Waals surface area contributed by atoms with Gasteiger partial charge in [-0.05, 0) is 41.7 Å². The van der Waals surface area contributed by atoms with Crippen LogP contribution in [0.1, 0.15) is 90.9 Å². The van der Waals surface area contributed by atoms with E-state index >= 15 is 0 Å². The van der Waals surface area contributed by atoms with E-state index in [-0.39, 0.29) is 67.9 Å². The van der Waals surface area contributed by atoms with Crippen molar-refractivity contribution in [2.45, 2.75) is 183 Å². The third kappa shape index (κ3) is 12.0. The number of benzene rings is 1. The highest BCUT2D eigenvalue weighted by Gasteiger charge is 2.59. The summed E-state index contributed by atoms with van der Waals surface area (Å²) in [4.78, 5) is 13.9. The Balaban J connectivity index is 1.76. The number of carbonyl (C=O) groups is 1. The average Bonchev–Trinajstić information content (AvgIpc) is 3.13. The first-order valence-electron chi connectivity index (χ1n) is 21.0. The van der Waals surface area contributed by atoms with Crippen LogP contribution in [0.3, 0.4) is 0 Å². The van der Waals surface area contributed by atoms with E-state index in [0.29, 0.717) is 25.2 Å². The molecular weight excluding hydrogens is 763 g/mol. The van der Waals surface area contributed by atoms with E-state index < -0.39 is 70.2 Å². The first-order chi connectivity index (χ1) is 26.8. The fourth-order valence-corrected chi connectivity index (χ4v) is 15.8. The zero-order valence-corrected chi connectivity index (χ0v) is 38.8. The van der Waals surface area contributed by atoms with Gasteiger partial charge in [-0.2, -0.15) is 5.26 Å². The van der Waals surface area contributed by atoms with Gasteiger partial charge in [-0.1, -0.05) is 79.4 Å². The van der Waals surface area contributed by atoms with Crippen molar-refractivity contribution in [1.82, 2.24) is 0 Å². The fourth-order valence-electron chi connectivity index (χ4n) is 9.43. The second-order valence-electron chi connectivity index (χ2n) is 18.8. The zero-order valence-electron chi connectivity index (χ0n) is 36.8. The van der Waals surface area contributed by atoms with E-state index in [1.54, 1.807) is 38.5 Å². The molecule has 0 saturated carbocycles. The SMILES string of the molecule is COC[C@H]1O[C@H]2CC(O)(COCOCC[Si](C)(C)C)C[C@H]3O[C@@](C)([C@@H](CC#N)O[Si](C(C)C)(C(C)C)C(C)C)[C@H](OC(=O)c4ccccc4)C[C@@H]3O[C@@H]2C[C@@H]1OC. The molecule has 0 amide bonds. The quantitative estimate of drug-likeness (QED) is 0.0633. The minimum Gasteiger partial charge on any atom is -0.455 e. The summed E-state index contributed by atoms with van der Waals surface area (Å²) in [6.45, 7) is 22.9. The van der Waals surface area contributed by atoms with Gasteiger partial charge in [-0.25, -0.2) is 4.79 Å². The van der Waals surface area contributed by atoms with Crippen LogP contribution in [-0.4, -0.2) is 128 Å². The van der Waals surface area contributed by atoms with E-state index in [0.717, 1.165) is 6.04 Å². The van der Waals surface area contributed by atoms with Crippen LogP contribution in [0.5, 0.6) is 0 Å². The minimum atomic E-state index is -2.60. The smallest absolute Gasteiger partial charge is 0.338 e. The molecule has 0 spiro atoms. The molecule has 10 atom stereocenters. The summed E-state index contributed by atoms with van der Waals surface area (Å²) in [7, 11) is -0.618. The Morgan fingerprint density at radius 2 is 1.56 bits per heavy atom. The largest absolute Gasteiger partial charge is 0.455 e. The third-order valence-electron chi connectivity index (χ3n) is 12.5. The summed E-state index contributed by atoms with van der Waals surface area (Å²) >= 11 is 0. The van der Waals surface area contributed by atoms with Crippen molar-refractivity contribution < 1.29 is 52.2 Å². The van der Waals surface area contributed by atoms with Crippen LogP contribution in [0.15, 0.2) is 30.3 Å². The molecule has 3 aliphatic rings. The second kappa shape index (κ2) is 20.7. The molecule has 3 saturated heterocycles. The Hall–Kier alpha value is -1.75. The predicted molar refractivity (Wildman–Crippen MR) is 223 cm³/mol. The van der Waals surface area contributed by atoms with Crippen LogP contribution in [0.2, 0.25) is 42.3 Å². The summed E-state index contributed by atoms with van der Waals surface area (Å²) in [5.41, 5.74) is -1.63. The number of hydrogen-bond donors (Lipinski definition) is 1. The maximum Gasteiger partial charge on any atom is 0.338 e. The molecule has 4 rings (SSSR count). The van der Waals surface area contributed by atoms with Gasteiger partial charge in [0.25, 0.3) is 0 Å². The standard InChI is InChI=1S/C43H73NO11Si2/c1-29(2)57(30(3)4,31(5)6)55-39(18-19-44)42(7)40(53-41(45)32-16-14-13-15-17-32)23-35-37(54-42)25-43(46,27-50-28-49-20-21-56(10,11)12)24-36-34(51-35)22-33(48-9)38(52-36)26-47-8/h13-17,29-31,33-40,46H,18,20-28H2,1-12H3/t33-,34+,35-,36-,37+,38+,39+,40+,42-,43?/m0/s1. The highest BCUT2D eigenvalue weighted by Crippen LogP contribution is 2.49. The van der Waals surface area contributed by atoms with Crippen molar-refractivity contribution >= 4 is 22.4 Å². The number of fused-ring (bicyclic) bond motifs is 2. The van der Waals surface area contributed by atoms with Gasteiger partial charge in [0, 0.05) is 54.6 Å². The van der Waals surface area contributed by atoms with E-state index in [1.165, 1.54) is 0 Å². The van der Waals surface area contributed by atoms with Gasteiger partial charge in [0.05, 0.1) is 73.5 Å².